The Balaban J connectivity index is 1.90. The molecule has 1 aromatic rings. The predicted octanol–water partition coefficient (Wildman–Crippen LogP) is 3.77. The van der Waals surface area contributed by atoms with Gasteiger partial charge in [-0.05, 0) is 62.2 Å². The van der Waals surface area contributed by atoms with Gasteiger partial charge in [-0.2, -0.15) is 0 Å². The van der Waals surface area contributed by atoms with Crippen LogP contribution in [0.15, 0.2) is 33.6 Å². The summed E-state index contributed by atoms with van der Waals surface area (Å²) in [5.41, 5.74) is -0.708. The van der Waals surface area contributed by atoms with E-state index < -0.39 is 11.5 Å². The zero-order valence-corrected chi connectivity index (χ0v) is 14.0. The largest absolute Gasteiger partial charge is 0.480 e. The molecule has 0 radical (unpaired) electrons. The van der Waals surface area contributed by atoms with Gasteiger partial charge in [-0.15, -0.1) is 11.8 Å². The van der Waals surface area contributed by atoms with E-state index in [0.717, 1.165) is 35.9 Å². The van der Waals surface area contributed by atoms with Crippen molar-refractivity contribution in [3.05, 3.63) is 28.7 Å². The monoisotopic (exact) mass is 357 g/mol. The maximum absolute atomic E-state index is 11.6. The number of rotatable bonds is 6. The SMILES string of the molecule is CNC1(C(=O)O)CCCC1CCSc1ccc(Br)cc1. The quantitative estimate of drug-likeness (QED) is 0.760. The molecule has 2 N–H and O–H groups in total. The van der Waals surface area contributed by atoms with Crippen molar-refractivity contribution < 1.29 is 9.90 Å². The first kappa shape index (κ1) is 15.9. The summed E-state index contributed by atoms with van der Waals surface area (Å²) in [5, 5.41) is 12.6. The molecular formula is C15H20BrNO2S. The lowest BCUT2D eigenvalue weighted by Crippen LogP contribution is -2.53. The van der Waals surface area contributed by atoms with Crippen LogP contribution in [0.3, 0.4) is 0 Å². The Morgan fingerprint density at radius 2 is 2.20 bits per heavy atom. The summed E-state index contributed by atoms with van der Waals surface area (Å²) < 4.78 is 1.08. The molecule has 3 nitrogen and oxygen atoms in total. The van der Waals surface area contributed by atoms with Crippen molar-refractivity contribution in [2.24, 2.45) is 5.92 Å². The minimum absolute atomic E-state index is 0.230. The molecule has 1 aromatic carbocycles. The van der Waals surface area contributed by atoms with E-state index in [0.29, 0.717) is 0 Å². The van der Waals surface area contributed by atoms with E-state index in [-0.39, 0.29) is 5.92 Å². The zero-order valence-electron chi connectivity index (χ0n) is 11.6. The second-order valence-electron chi connectivity index (χ2n) is 5.21. The van der Waals surface area contributed by atoms with Crippen LogP contribution in [-0.2, 0) is 4.79 Å². The maximum Gasteiger partial charge on any atom is 0.324 e. The highest BCUT2D eigenvalue weighted by Gasteiger charge is 2.47. The molecule has 20 heavy (non-hydrogen) atoms. The molecule has 0 bridgehead atoms. The van der Waals surface area contributed by atoms with Crippen molar-refractivity contribution in [1.29, 1.82) is 0 Å². The average molecular weight is 358 g/mol. The lowest BCUT2D eigenvalue weighted by Gasteiger charge is -2.30. The van der Waals surface area contributed by atoms with Crippen LogP contribution in [0.1, 0.15) is 25.7 Å². The average Bonchev–Trinajstić information content (AvgIpc) is 2.85. The molecule has 0 spiro atoms. The zero-order chi connectivity index (χ0) is 14.6. The van der Waals surface area contributed by atoms with E-state index in [4.69, 9.17) is 0 Å². The van der Waals surface area contributed by atoms with Gasteiger partial charge in [0.2, 0.25) is 0 Å². The van der Waals surface area contributed by atoms with Gasteiger partial charge in [0.25, 0.3) is 0 Å². The van der Waals surface area contributed by atoms with Gasteiger partial charge in [0.05, 0.1) is 0 Å². The fourth-order valence-electron chi connectivity index (χ4n) is 3.04. The standard InChI is InChI=1S/C15H20BrNO2S/c1-17-15(14(18)19)9-2-3-11(15)8-10-20-13-6-4-12(16)5-7-13/h4-7,11,17H,2-3,8-10H2,1H3,(H,18,19). The summed E-state index contributed by atoms with van der Waals surface area (Å²) in [6.07, 6.45) is 3.69. The van der Waals surface area contributed by atoms with Gasteiger partial charge < -0.3 is 10.4 Å². The molecule has 1 aliphatic rings. The van der Waals surface area contributed by atoms with Gasteiger partial charge in [-0.3, -0.25) is 4.79 Å². The van der Waals surface area contributed by atoms with Crippen LogP contribution in [-0.4, -0.2) is 29.4 Å². The number of benzene rings is 1. The van der Waals surface area contributed by atoms with E-state index in [9.17, 15) is 9.90 Å². The smallest absolute Gasteiger partial charge is 0.324 e. The highest BCUT2D eigenvalue weighted by Crippen LogP contribution is 2.39. The molecule has 0 heterocycles. The minimum Gasteiger partial charge on any atom is -0.480 e. The molecule has 1 fully saturated rings. The van der Waals surface area contributed by atoms with Gasteiger partial charge in [-0.25, -0.2) is 0 Å². The molecule has 0 aromatic heterocycles. The van der Waals surface area contributed by atoms with Crippen molar-refractivity contribution in [2.45, 2.75) is 36.1 Å². The number of likely N-dealkylation sites (N-methyl/N-ethyl adjacent to an activating group) is 1. The number of aliphatic carboxylic acids is 1. The summed E-state index contributed by atoms with van der Waals surface area (Å²) in [6.45, 7) is 0. The third-order valence-corrected chi connectivity index (χ3v) is 5.77. The molecule has 110 valence electrons. The van der Waals surface area contributed by atoms with Crippen LogP contribution in [0.4, 0.5) is 0 Å². The number of hydrogen-bond donors (Lipinski definition) is 2. The van der Waals surface area contributed by atoms with E-state index >= 15 is 0 Å². The Labute approximate surface area is 132 Å². The number of hydrogen-bond acceptors (Lipinski definition) is 3. The summed E-state index contributed by atoms with van der Waals surface area (Å²) in [7, 11) is 1.77. The number of thioether (sulfide) groups is 1. The van der Waals surface area contributed by atoms with Gasteiger partial charge in [0, 0.05) is 9.37 Å². The lowest BCUT2D eigenvalue weighted by atomic mass is 9.85. The highest BCUT2D eigenvalue weighted by molar-refractivity contribution is 9.10. The number of nitrogens with one attached hydrogen (secondary N) is 1. The molecule has 2 atom stereocenters. The topological polar surface area (TPSA) is 49.3 Å². The minimum atomic E-state index is -0.708. The van der Waals surface area contributed by atoms with E-state index in [1.54, 1.807) is 18.8 Å². The highest BCUT2D eigenvalue weighted by atomic mass is 79.9. The first-order valence-corrected chi connectivity index (χ1v) is 8.67. The van der Waals surface area contributed by atoms with E-state index in [1.807, 2.05) is 12.1 Å². The third kappa shape index (κ3) is 3.38. The Morgan fingerprint density at radius 1 is 1.50 bits per heavy atom. The summed E-state index contributed by atoms with van der Waals surface area (Å²) in [4.78, 5) is 12.8. The van der Waals surface area contributed by atoms with E-state index in [1.165, 1.54) is 4.90 Å². The third-order valence-electron chi connectivity index (χ3n) is 4.20. The van der Waals surface area contributed by atoms with Gasteiger partial charge >= 0.3 is 5.97 Å². The Morgan fingerprint density at radius 3 is 2.80 bits per heavy atom. The van der Waals surface area contributed by atoms with Crippen LogP contribution >= 0.6 is 27.7 Å². The fraction of sp³-hybridized carbons (Fsp3) is 0.533. The molecule has 5 heteroatoms. The van der Waals surface area contributed by atoms with E-state index in [2.05, 4.69) is 33.4 Å². The van der Waals surface area contributed by atoms with Crippen LogP contribution in [0.5, 0.6) is 0 Å². The summed E-state index contributed by atoms with van der Waals surface area (Å²) in [6, 6.07) is 8.25. The number of carbonyl (C=O) groups is 1. The van der Waals surface area contributed by atoms with Crippen LogP contribution in [0, 0.1) is 5.92 Å². The lowest BCUT2D eigenvalue weighted by molar-refractivity contribution is -0.146. The molecule has 2 rings (SSSR count). The van der Waals surface area contributed by atoms with Crippen LogP contribution < -0.4 is 5.32 Å². The van der Waals surface area contributed by atoms with Gasteiger partial charge in [0.15, 0.2) is 0 Å². The Bertz CT molecular complexity index is 465. The summed E-state index contributed by atoms with van der Waals surface area (Å²) >= 11 is 5.22. The van der Waals surface area contributed by atoms with Crippen molar-refractivity contribution in [3.8, 4) is 0 Å². The molecule has 0 amide bonds. The normalized spacial score (nSPS) is 25.8. The predicted molar refractivity (Wildman–Crippen MR) is 86.3 cm³/mol. The molecular weight excluding hydrogens is 338 g/mol. The first-order chi connectivity index (χ1) is 9.58. The van der Waals surface area contributed by atoms with Crippen LogP contribution in [0.2, 0.25) is 0 Å². The number of halogens is 1. The number of carboxylic acid groups (broad SMARTS) is 1. The van der Waals surface area contributed by atoms with Crippen molar-refractivity contribution >= 4 is 33.7 Å². The van der Waals surface area contributed by atoms with Gasteiger partial charge in [0.1, 0.15) is 5.54 Å². The van der Waals surface area contributed by atoms with Crippen molar-refractivity contribution in [2.75, 3.05) is 12.8 Å². The fourth-order valence-corrected chi connectivity index (χ4v) is 4.27. The first-order valence-electron chi connectivity index (χ1n) is 6.89. The number of carboxylic acids is 1. The summed E-state index contributed by atoms with van der Waals surface area (Å²) in [5.74, 6) is 0.493. The molecule has 0 saturated heterocycles. The molecule has 1 saturated carbocycles. The molecule has 1 aliphatic carbocycles. The Kier molecular flexibility index (Phi) is 5.52. The van der Waals surface area contributed by atoms with Crippen molar-refractivity contribution in [1.82, 2.24) is 5.32 Å². The second-order valence-corrected chi connectivity index (χ2v) is 7.29. The van der Waals surface area contributed by atoms with Crippen molar-refractivity contribution in [3.63, 3.8) is 0 Å². The Hall–Kier alpha value is -0.520. The molecule has 2 unspecified atom stereocenters. The molecule has 0 aliphatic heterocycles. The van der Waals surface area contributed by atoms with Gasteiger partial charge in [-0.1, -0.05) is 22.4 Å². The second kappa shape index (κ2) is 6.96. The van der Waals surface area contributed by atoms with Crippen LogP contribution in [0.25, 0.3) is 0 Å². The maximum atomic E-state index is 11.6.